The number of hydrogen-bond donors (Lipinski definition) is 1. The Morgan fingerprint density at radius 3 is 2.79 bits per heavy atom. The smallest absolute Gasteiger partial charge is 0.265 e. The Balaban J connectivity index is 1.50. The summed E-state index contributed by atoms with van der Waals surface area (Å²) in [5.74, 6) is 0.484. The summed E-state index contributed by atoms with van der Waals surface area (Å²) in [5, 5.41) is 2.70. The molecule has 0 bridgehead atoms. The Morgan fingerprint density at radius 1 is 1.21 bits per heavy atom. The van der Waals surface area contributed by atoms with Gasteiger partial charge >= 0.3 is 0 Å². The highest BCUT2D eigenvalue weighted by Gasteiger charge is 2.33. The van der Waals surface area contributed by atoms with Crippen LogP contribution in [0.15, 0.2) is 23.1 Å². The number of rotatable bonds is 4. The number of hydrogen-bond acceptors (Lipinski definition) is 5. The number of likely N-dealkylation sites (tertiary alicyclic amines) is 1. The number of ether oxygens (including phenoxy) is 1. The van der Waals surface area contributed by atoms with Gasteiger partial charge in [-0.25, -0.2) is 8.42 Å². The molecule has 0 aromatic heterocycles. The van der Waals surface area contributed by atoms with Crippen molar-refractivity contribution in [2.75, 3.05) is 31.5 Å². The first kappa shape index (κ1) is 19.2. The van der Waals surface area contributed by atoms with E-state index in [1.807, 2.05) is 4.90 Å². The van der Waals surface area contributed by atoms with Gasteiger partial charge in [0.15, 0.2) is 6.10 Å². The van der Waals surface area contributed by atoms with E-state index in [1.54, 1.807) is 13.0 Å². The van der Waals surface area contributed by atoms with Crippen LogP contribution in [0.25, 0.3) is 0 Å². The first-order chi connectivity index (χ1) is 13.3. The Bertz CT molecular complexity index is 901. The molecule has 2 fully saturated rings. The van der Waals surface area contributed by atoms with E-state index in [0.717, 1.165) is 25.8 Å². The van der Waals surface area contributed by atoms with Gasteiger partial charge in [-0.1, -0.05) is 0 Å². The molecule has 9 heteroatoms. The third-order valence-corrected chi connectivity index (χ3v) is 7.51. The lowest BCUT2D eigenvalue weighted by Crippen LogP contribution is -2.44. The molecule has 2 saturated heterocycles. The minimum absolute atomic E-state index is 0.141. The fraction of sp³-hybridized carbons (Fsp3) is 0.579. The molecule has 2 amide bonds. The number of fused-ring (bicyclic) bond motifs is 1. The van der Waals surface area contributed by atoms with Crippen LogP contribution >= 0.6 is 0 Å². The number of anilines is 1. The van der Waals surface area contributed by atoms with Crippen LogP contribution in [0, 0.1) is 5.92 Å². The van der Waals surface area contributed by atoms with Gasteiger partial charge in [0.2, 0.25) is 15.9 Å². The Morgan fingerprint density at radius 2 is 2.04 bits per heavy atom. The van der Waals surface area contributed by atoms with Crippen LogP contribution in [0.5, 0.6) is 5.75 Å². The standard InChI is InChI=1S/C19H25N3O5S/c1-13-19(24)20-16-10-15(6-7-17(16)27-13)28(25,26)22-9-2-4-14(12-22)11-21-8-3-5-18(21)23/h6-7,10,13-14H,2-5,8-9,11-12H2,1H3,(H,20,24)/t13-,14+/m0/s1. The summed E-state index contributed by atoms with van der Waals surface area (Å²) >= 11 is 0. The van der Waals surface area contributed by atoms with Crippen molar-refractivity contribution < 1.29 is 22.7 Å². The number of amides is 2. The van der Waals surface area contributed by atoms with E-state index >= 15 is 0 Å². The molecule has 0 saturated carbocycles. The van der Waals surface area contributed by atoms with E-state index in [2.05, 4.69) is 5.32 Å². The molecule has 0 aliphatic carbocycles. The van der Waals surface area contributed by atoms with Gasteiger partial charge in [0.05, 0.1) is 10.6 Å². The fourth-order valence-corrected chi connectivity index (χ4v) is 5.68. The number of nitrogens with zero attached hydrogens (tertiary/aromatic N) is 2. The molecule has 152 valence electrons. The molecule has 4 rings (SSSR count). The number of nitrogens with one attached hydrogen (secondary N) is 1. The molecule has 3 aliphatic heterocycles. The zero-order chi connectivity index (χ0) is 19.9. The van der Waals surface area contributed by atoms with Crippen LogP contribution < -0.4 is 10.1 Å². The molecule has 0 unspecified atom stereocenters. The largest absolute Gasteiger partial charge is 0.479 e. The minimum Gasteiger partial charge on any atom is -0.479 e. The Kier molecular flexibility index (Phi) is 5.05. The molecular weight excluding hydrogens is 382 g/mol. The van der Waals surface area contributed by atoms with Gasteiger partial charge in [-0.15, -0.1) is 0 Å². The Hall–Kier alpha value is -2.13. The summed E-state index contributed by atoms with van der Waals surface area (Å²) in [6.07, 6.45) is 2.56. The SMILES string of the molecule is C[C@@H]1Oc2ccc(S(=O)(=O)N3CCC[C@H](CN4CCCC4=O)C3)cc2NC1=O. The van der Waals surface area contributed by atoms with Crippen molar-refractivity contribution in [1.82, 2.24) is 9.21 Å². The summed E-state index contributed by atoms with van der Waals surface area (Å²) in [4.78, 5) is 25.7. The van der Waals surface area contributed by atoms with Gasteiger partial charge in [0.1, 0.15) is 5.75 Å². The molecule has 8 nitrogen and oxygen atoms in total. The van der Waals surface area contributed by atoms with Crippen molar-refractivity contribution in [3.8, 4) is 5.75 Å². The third-order valence-electron chi connectivity index (χ3n) is 5.65. The molecule has 3 heterocycles. The lowest BCUT2D eigenvalue weighted by Gasteiger charge is -2.34. The van der Waals surface area contributed by atoms with Crippen molar-refractivity contribution in [2.45, 2.75) is 43.6 Å². The van der Waals surface area contributed by atoms with Gasteiger partial charge < -0.3 is 15.0 Å². The molecule has 28 heavy (non-hydrogen) atoms. The monoisotopic (exact) mass is 407 g/mol. The summed E-state index contributed by atoms with van der Waals surface area (Å²) in [7, 11) is -3.68. The summed E-state index contributed by atoms with van der Waals surface area (Å²) in [6.45, 7) is 3.90. The van der Waals surface area contributed by atoms with Crippen LogP contribution in [0.2, 0.25) is 0 Å². The zero-order valence-corrected chi connectivity index (χ0v) is 16.7. The zero-order valence-electron chi connectivity index (χ0n) is 15.9. The van der Waals surface area contributed by atoms with E-state index in [9.17, 15) is 18.0 Å². The average Bonchev–Trinajstić information content (AvgIpc) is 3.07. The predicted molar refractivity (Wildman–Crippen MR) is 102 cm³/mol. The van der Waals surface area contributed by atoms with Gasteiger partial charge in [-0.05, 0) is 50.3 Å². The molecule has 3 aliphatic rings. The van der Waals surface area contributed by atoms with Crippen molar-refractivity contribution in [1.29, 1.82) is 0 Å². The summed E-state index contributed by atoms with van der Waals surface area (Å²) in [5.41, 5.74) is 0.375. The summed E-state index contributed by atoms with van der Waals surface area (Å²) in [6, 6.07) is 4.57. The third kappa shape index (κ3) is 3.60. The second kappa shape index (κ2) is 7.36. The number of benzene rings is 1. The van der Waals surface area contributed by atoms with Crippen molar-refractivity contribution >= 4 is 27.5 Å². The van der Waals surface area contributed by atoms with E-state index in [0.29, 0.717) is 37.5 Å². The fourth-order valence-electron chi connectivity index (χ4n) is 4.10. The van der Waals surface area contributed by atoms with Crippen LogP contribution in [0.4, 0.5) is 5.69 Å². The van der Waals surface area contributed by atoms with E-state index < -0.39 is 16.1 Å². The van der Waals surface area contributed by atoms with Crippen molar-refractivity contribution in [2.24, 2.45) is 5.92 Å². The van der Waals surface area contributed by atoms with Crippen LogP contribution in [0.1, 0.15) is 32.6 Å². The van der Waals surface area contributed by atoms with Gasteiger partial charge in [0.25, 0.3) is 5.91 Å². The maximum absolute atomic E-state index is 13.2. The van der Waals surface area contributed by atoms with Gasteiger partial charge in [-0.2, -0.15) is 4.31 Å². The molecule has 0 radical (unpaired) electrons. The first-order valence-corrected chi connectivity index (χ1v) is 11.2. The second-order valence-corrected chi connectivity index (χ2v) is 9.66. The molecule has 1 aromatic carbocycles. The predicted octanol–water partition coefficient (Wildman–Crippen LogP) is 1.43. The van der Waals surface area contributed by atoms with E-state index in [1.165, 1.54) is 16.4 Å². The highest BCUT2D eigenvalue weighted by atomic mass is 32.2. The Labute approximate surface area is 164 Å². The molecule has 0 spiro atoms. The van der Waals surface area contributed by atoms with E-state index in [-0.39, 0.29) is 22.6 Å². The average molecular weight is 407 g/mol. The molecular formula is C19H25N3O5S. The lowest BCUT2D eigenvalue weighted by molar-refractivity contribution is -0.128. The molecule has 2 atom stereocenters. The topological polar surface area (TPSA) is 96.0 Å². The van der Waals surface area contributed by atoms with Crippen LogP contribution in [-0.4, -0.2) is 61.7 Å². The first-order valence-electron chi connectivity index (χ1n) is 9.74. The van der Waals surface area contributed by atoms with Crippen LogP contribution in [-0.2, 0) is 19.6 Å². The number of carbonyl (C=O) groups is 2. The quantitative estimate of drug-likeness (QED) is 0.815. The number of piperidine rings is 1. The maximum atomic E-state index is 13.2. The van der Waals surface area contributed by atoms with Gasteiger partial charge in [-0.3, -0.25) is 9.59 Å². The van der Waals surface area contributed by atoms with Crippen LogP contribution in [0.3, 0.4) is 0 Å². The highest BCUT2D eigenvalue weighted by molar-refractivity contribution is 7.89. The van der Waals surface area contributed by atoms with E-state index in [4.69, 9.17) is 4.74 Å². The molecule has 1 aromatic rings. The maximum Gasteiger partial charge on any atom is 0.265 e. The molecule has 1 N–H and O–H groups in total. The van der Waals surface area contributed by atoms with Crippen molar-refractivity contribution in [3.63, 3.8) is 0 Å². The summed E-state index contributed by atoms with van der Waals surface area (Å²) < 4.78 is 33.3. The number of carbonyl (C=O) groups excluding carboxylic acids is 2. The normalized spacial score (nSPS) is 26.0. The minimum atomic E-state index is -3.68. The number of sulfonamides is 1. The highest BCUT2D eigenvalue weighted by Crippen LogP contribution is 2.33. The van der Waals surface area contributed by atoms with Crippen molar-refractivity contribution in [3.05, 3.63) is 18.2 Å². The second-order valence-electron chi connectivity index (χ2n) is 7.72. The van der Waals surface area contributed by atoms with Gasteiger partial charge in [0, 0.05) is 32.6 Å². The lowest BCUT2D eigenvalue weighted by atomic mass is 9.99.